The molecule has 1 aromatic heterocycles. The van der Waals surface area contributed by atoms with Crippen LogP contribution in [0.2, 0.25) is 5.02 Å². The van der Waals surface area contributed by atoms with Crippen LogP contribution in [0.1, 0.15) is 40.0 Å². The summed E-state index contributed by atoms with van der Waals surface area (Å²) in [5.74, 6) is 2.41. The van der Waals surface area contributed by atoms with Gasteiger partial charge >= 0.3 is 6.03 Å². The molecule has 0 saturated carbocycles. The van der Waals surface area contributed by atoms with Crippen LogP contribution in [-0.4, -0.2) is 80.8 Å². The van der Waals surface area contributed by atoms with Crippen molar-refractivity contribution in [2.24, 2.45) is 5.41 Å². The monoisotopic (exact) mass is 597 g/mol. The average Bonchev–Trinajstić information content (AvgIpc) is 3.15. The Morgan fingerprint density at radius 1 is 1.05 bits per heavy atom. The lowest BCUT2D eigenvalue weighted by Crippen LogP contribution is -2.31. The number of hydrogen-bond donors (Lipinski definition) is 2. The molecular weight excluding hydrogens is 554 g/mol. The van der Waals surface area contributed by atoms with Crippen molar-refractivity contribution in [2.75, 3.05) is 65.3 Å². The topological polar surface area (TPSA) is 88.2 Å². The third kappa shape index (κ3) is 9.37. The Morgan fingerprint density at radius 2 is 1.88 bits per heavy atom. The van der Waals surface area contributed by atoms with E-state index in [1.807, 2.05) is 12.1 Å². The van der Waals surface area contributed by atoms with Crippen molar-refractivity contribution in [3.05, 3.63) is 47.6 Å². The number of amides is 2. The quantitative estimate of drug-likeness (QED) is 0.239. The molecule has 1 aliphatic heterocycles. The fraction of sp³-hybridized carbons (Fsp3) is 0.500. The Bertz CT molecular complexity index is 1350. The molecule has 2 amide bonds. The standard InChI is InChI=1S/C32H44ClN5O4/c1-32(2,3)11-13-35-31(39)36-26-9-8-23(20-25(26)33)42-28-10-12-34-27-22-30(29(40-5)21-24(27)28)41-19-7-16-38-15-6-14-37(4)17-18-38/h8-10,12,20-22H,6-7,11,13-19H2,1-5H3,(H2,35,36,39). The first kappa shape index (κ1) is 31.7. The Hall–Kier alpha value is -3.27. The third-order valence-electron chi connectivity index (χ3n) is 7.25. The van der Waals surface area contributed by atoms with Crippen molar-refractivity contribution in [1.29, 1.82) is 0 Å². The zero-order chi connectivity index (χ0) is 30.1. The molecular formula is C32H44ClN5O4. The van der Waals surface area contributed by atoms with E-state index in [1.165, 1.54) is 6.42 Å². The number of hydrogen-bond acceptors (Lipinski definition) is 7. The summed E-state index contributed by atoms with van der Waals surface area (Å²) in [6.45, 7) is 13.1. The van der Waals surface area contributed by atoms with Crippen LogP contribution in [-0.2, 0) is 0 Å². The maximum Gasteiger partial charge on any atom is 0.319 e. The highest BCUT2D eigenvalue weighted by Gasteiger charge is 2.15. The largest absolute Gasteiger partial charge is 0.493 e. The van der Waals surface area contributed by atoms with E-state index in [-0.39, 0.29) is 11.4 Å². The zero-order valence-corrected chi connectivity index (χ0v) is 26.2. The number of ether oxygens (including phenoxy) is 3. The van der Waals surface area contributed by atoms with Crippen molar-refractivity contribution in [2.45, 2.75) is 40.0 Å². The third-order valence-corrected chi connectivity index (χ3v) is 7.57. The van der Waals surface area contributed by atoms with Gasteiger partial charge in [0.1, 0.15) is 11.5 Å². The molecule has 2 N–H and O–H groups in total. The van der Waals surface area contributed by atoms with Gasteiger partial charge < -0.3 is 34.6 Å². The van der Waals surface area contributed by atoms with Crippen LogP contribution in [0, 0.1) is 5.41 Å². The first-order valence-corrected chi connectivity index (χ1v) is 15.0. The minimum atomic E-state index is -0.296. The normalized spacial score (nSPS) is 14.8. The van der Waals surface area contributed by atoms with Gasteiger partial charge in [0.2, 0.25) is 0 Å². The summed E-state index contributed by atoms with van der Waals surface area (Å²) < 4.78 is 18.0. The number of halogens is 1. The molecule has 1 fully saturated rings. The van der Waals surface area contributed by atoms with Gasteiger partial charge in [0.05, 0.1) is 29.9 Å². The van der Waals surface area contributed by atoms with Gasteiger partial charge in [-0.2, -0.15) is 0 Å². The minimum absolute atomic E-state index is 0.143. The first-order chi connectivity index (χ1) is 20.1. The number of likely N-dealkylation sites (N-methyl/N-ethyl adjacent to an activating group) is 1. The van der Waals surface area contributed by atoms with E-state index < -0.39 is 0 Å². The number of nitrogens with one attached hydrogen (secondary N) is 2. The maximum absolute atomic E-state index is 12.3. The lowest BCUT2D eigenvalue weighted by atomic mass is 9.92. The van der Waals surface area contributed by atoms with Crippen LogP contribution in [0.4, 0.5) is 10.5 Å². The number of benzene rings is 2. The van der Waals surface area contributed by atoms with Crippen molar-refractivity contribution >= 4 is 34.2 Å². The fourth-order valence-electron chi connectivity index (χ4n) is 4.79. The van der Waals surface area contributed by atoms with Crippen LogP contribution < -0.4 is 24.8 Å². The van der Waals surface area contributed by atoms with E-state index in [1.54, 1.807) is 37.6 Å². The number of rotatable bonds is 11. The summed E-state index contributed by atoms with van der Waals surface area (Å²) in [5, 5.41) is 6.82. The van der Waals surface area contributed by atoms with Gasteiger partial charge in [-0.3, -0.25) is 4.98 Å². The van der Waals surface area contributed by atoms with Gasteiger partial charge in [-0.15, -0.1) is 0 Å². The second-order valence-electron chi connectivity index (χ2n) is 12.0. The number of urea groups is 1. The summed E-state index contributed by atoms with van der Waals surface area (Å²) in [7, 11) is 3.81. The molecule has 228 valence electrons. The van der Waals surface area contributed by atoms with E-state index in [0.29, 0.717) is 46.9 Å². The Morgan fingerprint density at radius 3 is 2.64 bits per heavy atom. The van der Waals surface area contributed by atoms with E-state index in [9.17, 15) is 4.79 Å². The molecule has 42 heavy (non-hydrogen) atoms. The summed E-state index contributed by atoms with van der Waals surface area (Å²) in [6.07, 6.45) is 4.71. The highest BCUT2D eigenvalue weighted by molar-refractivity contribution is 6.33. The smallest absolute Gasteiger partial charge is 0.319 e. The molecule has 0 atom stereocenters. The zero-order valence-electron chi connectivity index (χ0n) is 25.5. The minimum Gasteiger partial charge on any atom is -0.493 e. The van der Waals surface area contributed by atoms with Crippen LogP contribution in [0.3, 0.4) is 0 Å². The highest BCUT2D eigenvalue weighted by atomic mass is 35.5. The maximum atomic E-state index is 12.3. The first-order valence-electron chi connectivity index (χ1n) is 14.6. The molecule has 1 aliphatic rings. The molecule has 4 rings (SSSR count). The van der Waals surface area contributed by atoms with Crippen molar-refractivity contribution in [3.63, 3.8) is 0 Å². The van der Waals surface area contributed by atoms with Crippen LogP contribution >= 0.6 is 11.6 Å². The predicted molar refractivity (Wildman–Crippen MR) is 170 cm³/mol. The van der Waals surface area contributed by atoms with Crippen molar-refractivity contribution in [3.8, 4) is 23.0 Å². The van der Waals surface area contributed by atoms with Crippen LogP contribution in [0.5, 0.6) is 23.0 Å². The molecule has 0 spiro atoms. The van der Waals surface area contributed by atoms with Crippen molar-refractivity contribution < 1.29 is 19.0 Å². The lowest BCUT2D eigenvalue weighted by molar-refractivity contribution is 0.233. The SMILES string of the molecule is COc1cc2c(Oc3ccc(NC(=O)NCCC(C)(C)C)c(Cl)c3)ccnc2cc1OCCCN1CCCN(C)CC1. The summed E-state index contributed by atoms with van der Waals surface area (Å²) in [4.78, 5) is 21.7. The number of methoxy groups -OCH3 is 1. The number of aromatic nitrogens is 1. The summed E-state index contributed by atoms with van der Waals surface area (Å²) in [5.41, 5.74) is 1.38. The lowest BCUT2D eigenvalue weighted by Gasteiger charge is -2.20. The molecule has 0 unspecified atom stereocenters. The van der Waals surface area contributed by atoms with E-state index in [0.717, 1.165) is 56.5 Å². The second kappa shape index (κ2) is 14.8. The van der Waals surface area contributed by atoms with E-state index in [4.69, 9.17) is 25.8 Å². The molecule has 10 heteroatoms. The van der Waals surface area contributed by atoms with Gasteiger partial charge in [0.15, 0.2) is 11.5 Å². The van der Waals surface area contributed by atoms with Gasteiger partial charge in [-0.1, -0.05) is 32.4 Å². The molecule has 3 aromatic rings. The Balaban J connectivity index is 1.38. The fourth-order valence-corrected chi connectivity index (χ4v) is 5.01. The molecule has 2 heterocycles. The molecule has 0 bridgehead atoms. The molecule has 1 saturated heterocycles. The van der Waals surface area contributed by atoms with Crippen molar-refractivity contribution in [1.82, 2.24) is 20.1 Å². The van der Waals surface area contributed by atoms with Gasteiger partial charge in [-0.05, 0) is 69.1 Å². The molecule has 2 aromatic carbocycles. The Kier molecular flexibility index (Phi) is 11.1. The van der Waals surface area contributed by atoms with E-state index in [2.05, 4.69) is 53.2 Å². The average molecular weight is 598 g/mol. The van der Waals surface area contributed by atoms with Crippen LogP contribution in [0.25, 0.3) is 10.9 Å². The van der Waals surface area contributed by atoms with E-state index >= 15 is 0 Å². The molecule has 0 aliphatic carbocycles. The van der Waals surface area contributed by atoms with Gasteiger partial charge in [0, 0.05) is 49.9 Å². The second-order valence-corrected chi connectivity index (χ2v) is 12.4. The number of carbonyl (C=O) groups is 1. The van der Waals surface area contributed by atoms with Gasteiger partial charge in [-0.25, -0.2) is 4.79 Å². The number of nitrogens with zero attached hydrogens (tertiary/aromatic N) is 3. The van der Waals surface area contributed by atoms with Gasteiger partial charge in [0.25, 0.3) is 0 Å². The van der Waals surface area contributed by atoms with Crippen LogP contribution in [0.15, 0.2) is 42.6 Å². The molecule has 9 nitrogen and oxygen atoms in total. The number of anilines is 1. The predicted octanol–water partition coefficient (Wildman–Crippen LogP) is 6.65. The summed E-state index contributed by atoms with van der Waals surface area (Å²) >= 11 is 6.48. The highest BCUT2D eigenvalue weighted by Crippen LogP contribution is 2.38. The Labute approximate surface area is 254 Å². The summed E-state index contributed by atoms with van der Waals surface area (Å²) in [6, 6.07) is 10.4. The number of carbonyl (C=O) groups excluding carboxylic acids is 1. The number of fused-ring (bicyclic) bond motifs is 1. The molecule has 0 radical (unpaired) electrons. The number of pyridine rings is 1.